The molecular formula is C17H16N4O2. The quantitative estimate of drug-likeness (QED) is 0.555. The Morgan fingerprint density at radius 1 is 1.17 bits per heavy atom. The van der Waals surface area contributed by atoms with E-state index in [1.807, 2.05) is 36.4 Å². The zero-order valence-corrected chi connectivity index (χ0v) is 12.4. The van der Waals surface area contributed by atoms with Gasteiger partial charge in [-0.25, -0.2) is 9.66 Å². The van der Waals surface area contributed by atoms with Gasteiger partial charge in [-0.05, 0) is 17.7 Å². The van der Waals surface area contributed by atoms with E-state index in [0.29, 0.717) is 22.4 Å². The monoisotopic (exact) mass is 308 g/mol. The van der Waals surface area contributed by atoms with E-state index in [4.69, 9.17) is 10.7 Å². The lowest BCUT2D eigenvalue weighted by atomic mass is 10.2. The molecule has 0 atom stereocenters. The molecule has 0 aliphatic carbocycles. The van der Waals surface area contributed by atoms with Crippen molar-refractivity contribution in [2.45, 2.75) is 6.61 Å². The van der Waals surface area contributed by atoms with Crippen LogP contribution in [0.1, 0.15) is 11.4 Å². The summed E-state index contributed by atoms with van der Waals surface area (Å²) in [6.45, 7) is 3.92. The minimum absolute atomic E-state index is 0.0302. The van der Waals surface area contributed by atoms with Gasteiger partial charge in [0.05, 0.1) is 16.6 Å². The number of nitrogen functional groups attached to an aromatic ring is 1. The van der Waals surface area contributed by atoms with Gasteiger partial charge >= 0.3 is 0 Å². The van der Waals surface area contributed by atoms with E-state index in [9.17, 15) is 4.79 Å². The topological polar surface area (TPSA) is 82.2 Å². The average Bonchev–Trinajstić information content (AvgIpc) is 2.60. The second-order valence-electron chi connectivity index (χ2n) is 4.96. The molecule has 0 saturated carbocycles. The van der Waals surface area contributed by atoms with Crippen molar-refractivity contribution in [1.29, 1.82) is 0 Å². The fourth-order valence-electron chi connectivity index (χ4n) is 2.18. The van der Waals surface area contributed by atoms with Gasteiger partial charge in [-0.1, -0.05) is 49.0 Å². The molecule has 0 spiro atoms. The van der Waals surface area contributed by atoms with Crippen molar-refractivity contribution in [3.63, 3.8) is 0 Å². The fraction of sp³-hybridized carbons (Fsp3) is 0.0588. The third-order valence-corrected chi connectivity index (χ3v) is 3.40. The van der Waals surface area contributed by atoms with Gasteiger partial charge < -0.3 is 5.84 Å². The van der Waals surface area contributed by atoms with Gasteiger partial charge in [0.25, 0.3) is 5.56 Å². The van der Waals surface area contributed by atoms with Crippen molar-refractivity contribution < 1.29 is 4.84 Å². The Bertz CT molecular complexity index is 903. The van der Waals surface area contributed by atoms with Gasteiger partial charge in [-0.2, -0.15) is 0 Å². The lowest BCUT2D eigenvalue weighted by Crippen LogP contribution is -2.32. The number of para-hydroxylation sites is 1. The molecule has 0 amide bonds. The normalized spacial score (nSPS) is 10.6. The SMILES string of the molecule is C=C(NOCc1nc2ccccc2c(=O)n1N)c1ccccc1. The number of rotatable bonds is 5. The molecule has 0 unspecified atom stereocenters. The molecule has 0 aliphatic rings. The molecule has 0 fully saturated rings. The van der Waals surface area contributed by atoms with E-state index in [0.717, 1.165) is 10.2 Å². The molecule has 6 heteroatoms. The summed E-state index contributed by atoms with van der Waals surface area (Å²) in [5, 5.41) is 0.473. The predicted octanol–water partition coefficient (Wildman–Crippen LogP) is 1.80. The Morgan fingerprint density at radius 3 is 2.65 bits per heavy atom. The summed E-state index contributed by atoms with van der Waals surface area (Å²) in [6.07, 6.45) is 0. The fourth-order valence-corrected chi connectivity index (χ4v) is 2.18. The van der Waals surface area contributed by atoms with E-state index in [2.05, 4.69) is 17.0 Å². The number of aromatic nitrogens is 2. The molecular weight excluding hydrogens is 292 g/mol. The van der Waals surface area contributed by atoms with Crippen LogP contribution in [0.25, 0.3) is 16.6 Å². The van der Waals surface area contributed by atoms with Crippen LogP contribution in [0.4, 0.5) is 0 Å². The number of benzene rings is 2. The number of hydrogen-bond donors (Lipinski definition) is 2. The zero-order valence-electron chi connectivity index (χ0n) is 12.4. The largest absolute Gasteiger partial charge is 0.335 e. The summed E-state index contributed by atoms with van der Waals surface area (Å²) in [5.74, 6) is 6.11. The first-order valence-electron chi connectivity index (χ1n) is 7.04. The summed E-state index contributed by atoms with van der Waals surface area (Å²) >= 11 is 0. The first-order valence-corrected chi connectivity index (χ1v) is 7.04. The van der Waals surface area contributed by atoms with Gasteiger partial charge in [0.15, 0.2) is 5.82 Å². The minimum atomic E-state index is -0.309. The van der Waals surface area contributed by atoms with Gasteiger partial charge in [0, 0.05) is 0 Å². The summed E-state index contributed by atoms with van der Waals surface area (Å²) in [7, 11) is 0. The van der Waals surface area contributed by atoms with Crippen molar-refractivity contribution in [3.05, 3.63) is 82.9 Å². The van der Waals surface area contributed by atoms with Gasteiger partial charge in [-0.3, -0.25) is 15.1 Å². The number of fused-ring (bicyclic) bond motifs is 1. The number of hydroxylamine groups is 1. The van der Waals surface area contributed by atoms with Crippen molar-refractivity contribution in [1.82, 2.24) is 15.1 Å². The van der Waals surface area contributed by atoms with E-state index >= 15 is 0 Å². The van der Waals surface area contributed by atoms with Crippen LogP contribution in [0.2, 0.25) is 0 Å². The Morgan fingerprint density at radius 2 is 1.87 bits per heavy atom. The molecule has 116 valence electrons. The molecule has 3 N–H and O–H groups in total. The highest BCUT2D eigenvalue weighted by Gasteiger charge is 2.09. The molecule has 3 rings (SSSR count). The van der Waals surface area contributed by atoms with Crippen LogP contribution < -0.4 is 16.9 Å². The van der Waals surface area contributed by atoms with Crippen LogP contribution in [-0.2, 0) is 11.4 Å². The summed E-state index contributed by atoms with van der Waals surface area (Å²) < 4.78 is 0.995. The molecule has 1 aromatic heterocycles. The molecule has 0 bridgehead atoms. The second kappa shape index (κ2) is 6.33. The smallest absolute Gasteiger partial charge is 0.279 e. The predicted molar refractivity (Wildman–Crippen MR) is 89.6 cm³/mol. The Labute approximate surface area is 132 Å². The Hall–Kier alpha value is -3.12. The summed E-state index contributed by atoms with van der Waals surface area (Å²) in [4.78, 5) is 21.9. The molecule has 0 aliphatic heterocycles. The molecule has 3 aromatic rings. The molecule has 1 heterocycles. The Balaban J connectivity index is 1.74. The van der Waals surface area contributed by atoms with Crippen molar-refractivity contribution in [2.24, 2.45) is 0 Å². The number of hydrogen-bond acceptors (Lipinski definition) is 5. The van der Waals surface area contributed by atoms with Crippen LogP contribution in [0.15, 0.2) is 66.0 Å². The maximum absolute atomic E-state index is 12.2. The number of nitrogens with zero attached hydrogens (tertiary/aromatic N) is 2. The lowest BCUT2D eigenvalue weighted by Gasteiger charge is -2.12. The first kappa shape index (κ1) is 14.8. The van der Waals surface area contributed by atoms with Gasteiger partial charge in [0.1, 0.15) is 6.61 Å². The molecule has 6 nitrogen and oxygen atoms in total. The lowest BCUT2D eigenvalue weighted by molar-refractivity contribution is 0.0586. The molecule has 2 aromatic carbocycles. The van der Waals surface area contributed by atoms with Crippen LogP contribution in [0, 0.1) is 0 Å². The molecule has 0 radical (unpaired) electrons. The standard InChI is InChI=1S/C17H16N4O2/c1-12(13-7-3-2-4-8-13)20-23-11-16-19-15-10-6-5-9-14(15)17(22)21(16)18/h2-10,20H,1,11,18H2. The van der Waals surface area contributed by atoms with E-state index in [1.165, 1.54) is 0 Å². The summed E-state index contributed by atoms with van der Waals surface area (Å²) in [6, 6.07) is 16.6. The maximum atomic E-state index is 12.2. The highest BCUT2D eigenvalue weighted by Crippen LogP contribution is 2.09. The highest BCUT2D eigenvalue weighted by molar-refractivity contribution is 5.77. The maximum Gasteiger partial charge on any atom is 0.279 e. The Kier molecular flexibility index (Phi) is 4.07. The first-order chi connectivity index (χ1) is 11.2. The summed E-state index contributed by atoms with van der Waals surface area (Å²) in [5.41, 5.74) is 4.53. The highest BCUT2D eigenvalue weighted by atomic mass is 16.6. The third kappa shape index (κ3) is 3.07. The number of nitrogens with two attached hydrogens (primary N) is 1. The van der Waals surface area contributed by atoms with Crippen LogP contribution in [0.3, 0.4) is 0 Å². The van der Waals surface area contributed by atoms with Crippen molar-refractivity contribution in [3.8, 4) is 0 Å². The average molecular weight is 308 g/mol. The third-order valence-electron chi connectivity index (χ3n) is 3.40. The van der Waals surface area contributed by atoms with Gasteiger partial charge in [-0.15, -0.1) is 0 Å². The van der Waals surface area contributed by atoms with Crippen molar-refractivity contribution >= 4 is 16.6 Å². The molecule has 23 heavy (non-hydrogen) atoms. The van der Waals surface area contributed by atoms with Gasteiger partial charge in [0.2, 0.25) is 0 Å². The minimum Gasteiger partial charge on any atom is -0.335 e. The van der Waals surface area contributed by atoms with Crippen molar-refractivity contribution in [2.75, 3.05) is 5.84 Å². The van der Waals surface area contributed by atoms with E-state index in [1.54, 1.807) is 18.2 Å². The zero-order chi connectivity index (χ0) is 16.2. The van der Waals surface area contributed by atoms with Crippen LogP contribution in [0.5, 0.6) is 0 Å². The van der Waals surface area contributed by atoms with Crippen LogP contribution >= 0.6 is 0 Å². The van der Waals surface area contributed by atoms with E-state index in [-0.39, 0.29) is 12.2 Å². The molecule has 0 saturated heterocycles. The second-order valence-corrected chi connectivity index (χ2v) is 4.96. The van der Waals surface area contributed by atoms with Crippen LogP contribution in [-0.4, -0.2) is 9.66 Å². The van der Waals surface area contributed by atoms with E-state index < -0.39 is 0 Å². The number of nitrogens with one attached hydrogen (secondary N) is 1.